The first-order valence-corrected chi connectivity index (χ1v) is 10.4. The lowest BCUT2D eigenvalue weighted by Gasteiger charge is -2.32. The number of hydrogen-bond donors (Lipinski definition) is 2. The summed E-state index contributed by atoms with van der Waals surface area (Å²) in [5.41, 5.74) is -3.45. The quantitative estimate of drug-likeness (QED) is 0.343. The zero-order valence-corrected chi connectivity index (χ0v) is 18.5. The summed E-state index contributed by atoms with van der Waals surface area (Å²) in [6.45, 7) is 3.39. The van der Waals surface area contributed by atoms with E-state index in [1.54, 1.807) is 42.7 Å². The molecule has 0 saturated carbocycles. The summed E-state index contributed by atoms with van der Waals surface area (Å²) in [6, 6.07) is 10.8. The Morgan fingerprint density at radius 2 is 1.54 bits per heavy atom. The third-order valence-corrected chi connectivity index (χ3v) is 5.93. The van der Waals surface area contributed by atoms with E-state index >= 15 is 0 Å². The first-order chi connectivity index (χ1) is 16.3. The molecule has 0 fully saturated rings. The smallest absolute Gasteiger partial charge is 0.430 e. The first kappa shape index (κ1) is 24.8. The molecule has 4 aromatic rings. The molecule has 4 rings (SSSR count). The number of rotatable bonds is 5. The van der Waals surface area contributed by atoms with E-state index in [-0.39, 0.29) is 18.5 Å². The third-order valence-electron chi connectivity index (χ3n) is 5.93. The van der Waals surface area contributed by atoms with E-state index in [0.29, 0.717) is 51.8 Å². The van der Waals surface area contributed by atoms with Crippen molar-refractivity contribution >= 4 is 10.9 Å². The molecule has 0 bridgehead atoms. The number of nitrogens with zero attached hydrogens (tertiary/aromatic N) is 2. The zero-order chi connectivity index (χ0) is 25.8. The van der Waals surface area contributed by atoms with Gasteiger partial charge in [-0.05, 0) is 49.7 Å². The third kappa shape index (κ3) is 4.19. The summed E-state index contributed by atoms with van der Waals surface area (Å²) in [6.07, 6.45) is -11.9. The van der Waals surface area contributed by atoms with Crippen molar-refractivity contribution < 1.29 is 41.0 Å². The lowest BCUT2D eigenvalue weighted by atomic mass is 9.91. The molecule has 0 aliphatic heterocycles. The highest BCUT2D eigenvalue weighted by molar-refractivity contribution is 5.82. The molecule has 0 radical (unpaired) electrons. The molecular formula is C24H20F6N2O3. The first-order valence-electron chi connectivity index (χ1n) is 10.4. The van der Waals surface area contributed by atoms with Crippen LogP contribution in [0.3, 0.4) is 0 Å². The monoisotopic (exact) mass is 498 g/mol. The molecule has 11 heteroatoms. The van der Waals surface area contributed by atoms with Gasteiger partial charge in [0.2, 0.25) is 5.89 Å². The number of alkyl halides is 6. The Hall–Kier alpha value is -3.31. The van der Waals surface area contributed by atoms with Crippen LogP contribution in [0.2, 0.25) is 0 Å². The number of benzene rings is 2. The normalized spacial score (nSPS) is 13.1. The summed E-state index contributed by atoms with van der Waals surface area (Å²) in [7, 11) is 0. The highest BCUT2D eigenvalue weighted by Crippen LogP contribution is 2.50. The molecule has 35 heavy (non-hydrogen) atoms. The SMILES string of the molecule is Cc1oc(-c2ccc(CO)cc2)nc1Cn1c(C)cc2cc(C(O)(C(F)(F)F)C(F)(F)F)ccc21. The number of aryl methyl sites for hydroxylation is 2. The van der Waals surface area contributed by atoms with Crippen molar-refractivity contribution in [3.63, 3.8) is 0 Å². The molecule has 0 spiro atoms. The van der Waals surface area contributed by atoms with Gasteiger partial charge in [0.25, 0.3) is 5.60 Å². The number of aliphatic hydroxyl groups is 2. The Morgan fingerprint density at radius 3 is 2.11 bits per heavy atom. The van der Waals surface area contributed by atoms with Crippen molar-refractivity contribution in [3.8, 4) is 11.5 Å². The van der Waals surface area contributed by atoms with Crippen LogP contribution in [0.25, 0.3) is 22.4 Å². The predicted molar refractivity (Wildman–Crippen MR) is 114 cm³/mol. The molecule has 2 aromatic heterocycles. The van der Waals surface area contributed by atoms with Gasteiger partial charge in [0.1, 0.15) is 11.5 Å². The second kappa shape index (κ2) is 8.42. The van der Waals surface area contributed by atoms with Gasteiger partial charge in [-0.2, -0.15) is 26.3 Å². The molecule has 2 N–H and O–H groups in total. The minimum absolute atomic E-state index is 0.105. The molecule has 0 aliphatic carbocycles. The summed E-state index contributed by atoms with van der Waals surface area (Å²) < 4.78 is 87.1. The fraction of sp³-hybridized carbons (Fsp3) is 0.292. The molecular weight excluding hydrogens is 478 g/mol. The number of hydrogen-bond acceptors (Lipinski definition) is 4. The van der Waals surface area contributed by atoms with E-state index in [1.807, 2.05) is 0 Å². The maximum atomic E-state index is 13.3. The topological polar surface area (TPSA) is 71.4 Å². The number of oxazole rings is 1. The van der Waals surface area contributed by atoms with Crippen molar-refractivity contribution in [1.82, 2.24) is 9.55 Å². The van der Waals surface area contributed by atoms with E-state index in [0.717, 1.165) is 6.07 Å². The van der Waals surface area contributed by atoms with E-state index in [4.69, 9.17) is 4.42 Å². The number of aromatic nitrogens is 2. The average Bonchev–Trinajstić information content (AvgIpc) is 3.30. The van der Waals surface area contributed by atoms with Crippen molar-refractivity contribution in [3.05, 3.63) is 76.8 Å². The summed E-state index contributed by atoms with van der Waals surface area (Å²) in [5, 5.41) is 19.0. The summed E-state index contributed by atoms with van der Waals surface area (Å²) in [5.74, 6) is 0.825. The zero-order valence-electron chi connectivity index (χ0n) is 18.5. The Balaban J connectivity index is 1.72. The van der Waals surface area contributed by atoms with Crippen LogP contribution in [-0.4, -0.2) is 32.1 Å². The van der Waals surface area contributed by atoms with E-state index < -0.39 is 23.5 Å². The Labute approximate surface area is 195 Å². The van der Waals surface area contributed by atoms with Crippen molar-refractivity contribution in [2.24, 2.45) is 0 Å². The van der Waals surface area contributed by atoms with Crippen LogP contribution in [0.5, 0.6) is 0 Å². The molecule has 2 heterocycles. The highest BCUT2D eigenvalue weighted by Gasteiger charge is 2.71. The van der Waals surface area contributed by atoms with Gasteiger partial charge in [0, 0.05) is 27.7 Å². The maximum Gasteiger partial charge on any atom is 0.430 e. The van der Waals surface area contributed by atoms with Gasteiger partial charge >= 0.3 is 12.4 Å². The van der Waals surface area contributed by atoms with Crippen LogP contribution in [0.15, 0.2) is 52.9 Å². The van der Waals surface area contributed by atoms with Crippen molar-refractivity contribution in [2.75, 3.05) is 0 Å². The Morgan fingerprint density at radius 1 is 0.914 bits per heavy atom. The predicted octanol–water partition coefficient (Wildman–Crippen LogP) is 5.77. The standard InChI is InChI=1S/C24H20F6N2O3/c1-13-9-17-10-18(22(34,23(25,26)27)24(28,29)30)7-8-20(17)32(13)11-19-14(2)35-21(31-19)16-5-3-15(12-33)4-6-16/h3-10,33-34H,11-12H2,1-2H3. The van der Waals surface area contributed by atoms with Gasteiger partial charge < -0.3 is 19.2 Å². The number of aliphatic hydroxyl groups excluding tert-OH is 1. The lowest BCUT2D eigenvalue weighted by Crippen LogP contribution is -2.53. The minimum Gasteiger partial charge on any atom is -0.441 e. The highest BCUT2D eigenvalue weighted by atomic mass is 19.4. The summed E-state index contributed by atoms with van der Waals surface area (Å²) in [4.78, 5) is 4.49. The Kier molecular flexibility index (Phi) is 5.97. The van der Waals surface area contributed by atoms with Crippen LogP contribution in [-0.2, 0) is 18.8 Å². The molecule has 0 saturated heterocycles. The number of fused-ring (bicyclic) bond motifs is 1. The van der Waals surface area contributed by atoms with Gasteiger partial charge in [-0.25, -0.2) is 4.98 Å². The second-order valence-corrected chi connectivity index (χ2v) is 8.23. The van der Waals surface area contributed by atoms with Crippen LogP contribution >= 0.6 is 0 Å². The fourth-order valence-corrected chi connectivity index (χ4v) is 3.93. The van der Waals surface area contributed by atoms with Gasteiger partial charge in [0.05, 0.1) is 13.2 Å². The van der Waals surface area contributed by atoms with Crippen molar-refractivity contribution in [2.45, 2.75) is 45.0 Å². The van der Waals surface area contributed by atoms with E-state index in [2.05, 4.69) is 4.98 Å². The maximum absolute atomic E-state index is 13.3. The average molecular weight is 498 g/mol. The Bertz CT molecular complexity index is 1350. The van der Waals surface area contributed by atoms with E-state index in [9.17, 15) is 36.6 Å². The van der Waals surface area contributed by atoms with Crippen molar-refractivity contribution in [1.29, 1.82) is 0 Å². The van der Waals surface area contributed by atoms with Gasteiger partial charge in [-0.1, -0.05) is 18.2 Å². The summed E-state index contributed by atoms with van der Waals surface area (Å²) >= 11 is 0. The largest absolute Gasteiger partial charge is 0.441 e. The molecule has 2 aromatic carbocycles. The van der Waals surface area contributed by atoms with Gasteiger partial charge in [0.15, 0.2) is 0 Å². The molecule has 0 amide bonds. The molecule has 0 aliphatic rings. The van der Waals surface area contributed by atoms with Crippen LogP contribution in [0.1, 0.15) is 28.3 Å². The van der Waals surface area contributed by atoms with Crippen LogP contribution in [0, 0.1) is 13.8 Å². The second-order valence-electron chi connectivity index (χ2n) is 8.23. The minimum atomic E-state index is -5.96. The van der Waals surface area contributed by atoms with Gasteiger partial charge in [-0.3, -0.25) is 0 Å². The fourth-order valence-electron chi connectivity index (χ4n) is 3.93. The molecule has 186 valence electrons. The molecule has 0 unspecified atom stereocenters. The van der Waals surface area contributed by atoms with Crippen LogP contribution in [0.4, 0.5) is 26.3 Å². The lowest BCUT2D eigenvalue weighted by molar-refractivity contribution is -0.376. The van der Waals surface area contributed by atoms with E-state index in [1.165, 1.54) is 6.07 Å². The molecule has 0 atom stereocenters. The number of halogens is 6. The molecule has 5 nitrogen and oxygen atoms in total. The van der Waals surface area contributed by atoms with Crippen LogP contribution < -0.4 is 0 Å². The van der Waals surface area contributed by atoms with Gasteiger partial charge in [-0.15, -0.1) is 0 Å².